The Balaban J connectivity index is 3.58. The Hall–Kier alpha value is -1.85. The van der Waals surface area contributed by atoms with Gasteiger partial charge in [-0.3, -0.25) is 14.4 Å². The summed E-state index contributed by atoms with van der Waals surface area (Å²) in [7, 11) is 0. The van der Waals surface area contributed by atoms with Crippen LogP contribution in [-0.4, -0.2) is 37.2 Å². The Morgan fingerprint density at radius 2 is 1.19 bits per heavy atom. The van der Waals surface area contributed by atoms with E-state index in [1.54, 1.807) is 0 Å². The fraction of sp³-hybridized carbons (Fsp3) is 0.800. The van der Waals surface area contributed by atoms with E-state index in [-0.39, 0.29) is 19.2 Å². The second kappa shape index (κ2) is 21.4. The van der Waals surface area contributed by atoms with E-state index in [2.05, 4.69) is 19.1 Å². The zero-order valence-corrected chi connectivity index (χ0v) is 20.0. The average Bonchev–Trinajstić information content (AvgIpc) is 2.72. The lowest BCUT2D eigenvalue weighted by Crippen LogP contribution is -2.29. The standard InChI is InChI=1S/C25H44O6/c1-4-5-6-7-8-9-10-11-12-13-14-15-16-17-18-19-25(28)30-21-24(31-23(3)27)20-29-22(2)26/h11-12,24H,4-10,13-21H2,1-3H3/b12-11-/t24-/m0/s1. The molecule has 6 nitrogen and oxygen atoms in total. The van der Waals surface area contributed by atoms with Crippen LogP contribution in [0.25, 0.3) is 0 Å². The van der Waals surface area contributed by atoms with Crippen LogP contribution in [-0.2, 0) is 28.6 Å². The van der Waals surface area contributed by atoms with Crippen molar-refractivity contribution >= 4 is 17.9 Å². The zero-order valence-electron chi connectivity index (χ0n) is 20.0. The van der Waals surface area contributed by atoms with Gasteiger partial charge in [-0.05, 0) is 32.1 Å². The normalized spacial score (nSPS) is 12.0. The maximum atomic E-state index is 11.8. The molecule has 180 valence electrons. The average molecular weight is 441 g/mol. The zero-order chi connectivity index (χ0) is 23.2. The number of unbranched alkanes of at least 4 members (excludes halogenated alkanes) is 11. The Bertz CT molecular complexity index is 500. The predicted molar refractivity (Wildman–Crippen MR) is 123 cm³/mol. The molecule has 0 aliphatic carbocycles. The molecule has 0 aliphatic rings. The second-order valence-electron chi connectivity index (χ2n) is 8.05. The van der Waals surface area contributed by atoms with E-state index in [0.29, 0.717) is 6.42 Å². The van der Waals surface area contributed by atoms with Gasteiger partial charge in [0.15, 0.2) is 6.10 Å². The molecule has 1 atom stereocenters. The SMILES string of the molecule is CCCCCCCC/C=C\CCCCCCCC(=O)OC[C@H](COC(C)=O)OC(C)=O. The molecule has 0 saturated carbocycles. The van der Waals surface area contributed by atoms with Gasteiger partial charge < -0.3 is 14.2 Å². The summed E-state index contributed by atoms with van der Waals surface area (Å²) < 4.78 is 14.9. The molecule has 0 rings (SSSR count). The maximum Gasteiger partial charge on any atom is 0.305 e. The number of carbonyl (C=O) groups is 3. The second-order valence-corrected chi connectivity index (χ2v) is 8.05. The molecule has 0 spiro atoms. The minimum Gasteiger partial charge on any atom is -0.462 e. The highest BCUT2D eigenvalue weighted by atomic mass is 16.6. The van der Waals surface area contributed by atoms with E-state index in [1.807, 2.05) is 0 Å². The van der Waals surface area contributed by atoms with Gasteiger partial charge in [0, 0.05) is 20.3 Å². The molecule has 0 saturated heterocycles. The quantitative estimate of drug-likeness (QED) is 0.0990. The van der Waals surface area contributed by atoms with Gasteiger partial charge in [-0.1, -0.05) is 70.4 Å². The van der Waals surface area contributed by atoms with E-state index in [4.69, 9.17) is 14.2 Å². The third kappa shape index (κ3) is 22.7. The van der Waals surface area contributed by atoms with Crippen LogP contribution in [0.15, 0.2) is 12.2 Å². The first-order valence-corrected chi connectivity index (χ1v) is 12.1. The molecule has 0 bridgehead atoms. The van der Waals surface area contributed by atoms with Crippen molar-refractivity contribution in [3.8, 4) is 0 Å². The number of hydrogen-bond donors (Lipinski definition) is 0. The molecule has 6 heteroatoms. The molecule has 0 unspecified atom stereocenters. The maximum absolute atomic E-state index is 11.8. The molecule has 0 aromatic carbocycles. The fourth-order valence-electron chi connectivity index (χ4n) is 3.16. The van der Waals surface area contributed by atoms with Crippen LogP contribution in [0.1, 0.15) is 111 Å². The van der Waals surface area contributed by atoms with Gasteiger partial charge in [-0.2, -0.15) is 0 Å². The van der Waals surface area contributed by atoms with Crippen LogP contribution in [0.5, 0.6) is 0 Å². The molecule has 31 heavy (non-hydrogen) atoms. The lowest BCUT2D eigenvalue weighted by molar-refractivity contribution is -0.164. The Morgan fingerprint density at radius 1 is 0.677 bits per heavy atom. The number of hydrogen-bond acceptors (Lipinski definition) is 6. The van der Waals surface area contributed by atoms with Gasteiger partial charge in [0.2, 0.25) is 0 Å². The summed E-state index contributed by atoms with van der Waals surface area (Å²) in [5.74, 6) is -1.31. The summed E-state index contributed by atoms with van der Waals surface area (Å²) in [6.45, 7) is 4.56. The van der Waals surface area contributed by atoms with Crippen molar-refractivity contribution in [3.63, 3.8) is 0 Å². The van der Waals surface area contributed by atoms with Crippen LogP contribution in [0.4, 0.5) is 0 Å². The van der Waals surface area contributed by atoms with Gasteiger partial charge >= 0.3 is 17.9 Å². The molecule has 0 N–H and O–H groups in total. The molecule has 0 fully saturated rings. The van der Waals surface area contributed by atoms with Gasteiger partial charge in [-0.25, -0.2) is 0 Å². The van der Waals surface area contributed by atoms with Crippen molar-refractivity contribution < 1.29 is 28.6 Å². The summed E-state index contributed by atoms with van der Waals surface area (Å²) in [5.41, 5.74) is 0. The summed E-state index contributed by atoms with van der Waals surface area (Å²) >= 11 is 0. The van der Waals surface area contributed by atoms with E-state index >= 15 is 0 Å². The lowest BCUT2D eigenvalue weighted by Gasteiger charge is -2.16. The lowest BCUT2D eigenvalue weighted by atomic mass is 10.1. The number of rotatable bonds is 20. The van der Waals surface area contributed by atoms with Crippen LogP contribution in [0, 0.1) is 0 Å². The minimum absolute atomic E-state index is 0.100. The van der Waals surface area contributed by atoms with E-state index in [0.717, 1.165) is 25.7 Å². The Kier molecular flexibility index (Phi) is 20.1. The molecule has 0 aromatic rings. The van der Waals surface area contributed by atoms with Gasteiger partial charge in [-0.15, -0.1) is 0 Å². The molecule has 0 aromatic heterocycles. The van der Waals surface area contributed by atoms with Crippen molar-refractivity contribution in [1.29, 1.82) is 0 Å². The molecule has 0 amide bonds. The first-order chi connectivity index (χ1) is 15.0. The highest BCUT2D eigenvalue weighted by molar-refractivity contribution is 5.69. The summed E-state index contributed by atoms with van der Waals surface area (Å²) in [5, 5.41) is 0. The van der Waals surface area contributed by atoms with Crippen molar-refractivity contribution in [1.82, 2.24) is 0 Å². The summed E-state index contributed by atoms with van der Waals surface area (Å²) in [6.07, 6.45) is 19.9. The van der Waals surface area contributed by atoms with Crippen LogP contribution >= 0.6 is 0 Å². The first-order valence-electron chi connectivity index (χ1n) is 12.1. The molecular formula is C25H44O6. The summed E-state index contributed by atoms with van der Waals surface area (Å²) in [6, 6.07) is 0. The minimum atomic E-state index is -0.764. The molecular weight excluding hydrogens is 396 g/mol. The van der Waals surface area contributed by atoms with Crippen molar-refractivity contribution in [2.24, 2.45) is 0 Å². The number of ether oxygens (including phenoxy) is 3. The smallest absolute Gasteiger partial charge is 0.305 e. The number of carbonyl (C=O) groups excluding carboxylic acids is 3. The highest BCUT2D eigenvalue weighted by Gasteiger charge is 2.16. The van der Waals surface area contributed by atoms with Crippen molar-refractivity contribution in [3.05, 3.63) is 12.2 Å². The molecule has 0 heterocycles. The topological polar surface area (TPSA) is 78.9 Å². The Morgan fingerprint density at radius 3 is 1.74 bits per heavy atom. The van der Waals surface area contributed by atoms with E-state index in [1.165, 1.54) is 71.6 Å². The fourth-order valence-corrected chi connectivity index (χ4v) is 3.16. The van der Waals surface area contributed by atoms with Crippen LogP contribution < -0.4 is 0 Å². The number of allylic oxidation sites excluding steroid dienone is 2. The van der Waals surface area contributed by atoms with Crippen molar-refractivity contribution in [2.45, 2.75) is 117 Å². The van der Waals surface area contributed by atoms with Gasteiger partial charge in [0.1, 0.15) is 13.2 Å². The third-order valence-electron chi connectivity index (χ3n) is 4.88. The number of esters is 3. The van der Waals surface area contributed by atoms with Crippen LogP contribution in [0.3, 0.4) is 0 Å². The van der Waals surface area contributed by atoms with Gasteiger partial charge in [0.05, 0.1) is 0 Å². The predicted octanol–water partition coefficient (Wildman–Crippen LogP) is 6.06. The molecule has 0 radical (unpaired) electrons. The third-order valence-corrected chi connectivity index (χ3v) is 4.88. The largest absolute Gasteiger partial charge is 0.462 e. The van der Waals surface area contributed by atoms with Gasteiger partial charge in [0.25, 0.3) is 0 Å². The van der Waals surface area contributed by atoms with Crippen molar-refractivity contribution in [2.75, 3.05) is 13.2 Å². The Labute approximate surface area is 189 Å². The first kappa shape index (κ1) is 29.1. The van der Waals surface area contributed by atoms with E-state index < -0.39 is 18.0 Å². The summed E-state index contributed by atoms with van der Waals surface area (Å²) in [4.78, 5) is 33.8. The molecule has 0 aliphatic heterocycles. The van der Waals surface area contributed by atoms with Crippen LogP contribution in [0.2, 0.25) is 0 Å². The highest BCUT2D eigenvalue weighted by Crippen LogP contribution is 2.10. The van der Waals surface area contributed by atoms with E-state index in [9.17, 15) is 14.4 Å². The monoisotopic (exact) mass is 440 g/mol.